The van der Waals surface area contributed by atoms with Crippen molar-refractivity contribution in [3.05, 3.63) is 57.7 Å². The molecule has 0 aromatic heterocycles. The molecule has 168 valence electrons. The van der Waals surface area contributed by atoms with Crippen molar-refractivity contribution in [1.29, 1.82) is 0 Å². The van der Waals surface area contributed by atoms with E-state index < -0.39 is 29.4 Å². The number of aryl methyl sites for hydroxylation is 1. The molecule has 0 bridgehead atoms. The van der Waals surface area contributed by atoms with Gasteiger partial charge in [-0.1, -0.05) is 39.2 Å². The van der Waals surface area contributed by atoms with E-state index in [2.05, 4.69) is 6.92 Å². The van der Waals surface area contributed by atoms with Gasteiger partial charge in [0.05, 0.1) is 12.7 Å². The van der Waals surface area contributed by atoms with Crippen molar-refractivity contribution in [3.63, 3.8) is 0 Å². The van der Waals surface area contributed by atoms with Gasteiger partial charge in [-0.15, -0.1) is 0 Å². The largest absolute Gasteiger partial charge is 0.373 e. The van der Waals surface area contributed by atoms with Crippen LogP contribution in [0.4, 0.5) is 17.6 Å². The van der Waals surface area contributed by atoms with Gasteiger partial charge in [0.1, 0.15) is 0 Å². The molecule has 1 saturated heterocycles. The maximum absolute atomic E-state index is 15.1. The summed E-state index contributed by atoms with van der Waals surface area (Å²) in [4.78, 5) is 0. The molecule has 0 saturated carbocycles. The van der Waals surface area contributed by atoms with Crippen molar-refractivity contribution in [1.82, 2.24) is 0 Å². The third-order valence-corrected chi connectivity index (χ3v) is 6.77. The molecule has 4 rings (SSSR count). The summed E-state index contributed by atoms with van der Waals surface area (Å²) in [6.45, 7) is 4.71. The first-order chi connectivity index (χ1) is 15.0. The SMILES string of the molecule is CCCCCc1cc2c(c(F)c1F)-c1c(cc(C3CCC(CCC)CO3)c(F)c1F)C2. The fourth-order valence-electron chi connectivity index (χ4n) is 5.13. The van der Waals surface area contributed by atoms with E-state index in [4.69, 9.17) is 4.74 Å². The van der Waals surface area contributed by atoms with E-state index in [-0.39, 0.29) is 23.1 Å². The second-order valence-electron chi connectivity index (χ2n) is 9.01. The minimum Gasteiger partial charge on any atom is -0.373 e. The molecule has 2 aliphatic rings. The molecular formula is C26H30F4O. The van der Waals surface area contributed by atoms with Crippen LogP contribution in [-0.4, -0.2) is 6.61 Å². The van der Waals surface area contributed by atoms with E-state index >= 15 is 8.78 Å². The van der Waals surface area contributed by atoms with E-state index in [1.54, 1.807) is 12.1 Å². The smallest absolute Gasteiger partial charge is 0.167 e. The van der Waals surface area contributed by atoms with Gasteiger partial charge in [0.25, 0.3) is 0 Å². The Labute approximate surface area is 181 Å². The van der Waals surface area contributed by atoms with Gasteiger partial charge in [-0.2, -0.15) is 0 Å². The van der Waals surface area contributed by atoms with Crippen LogP contribution in [0.25, 0.3) is 11.1 Å². The Bertz CT molecular complexity index is 961. The Kier molecular flexibility index (Phi) is 6.71. The van der Waals surface area contributed by atoms with Gasteiger partial charge in [-0.05, 0) is 67.2 Å². The molecule has 2 aromatic carbocycles. The van der Waals surface area contributed by atoms with E-state index in [1.807, 2.05) is 6.92 Å². The molecule has 2 atom stereocenters. The lowest BCUT2D eigenvalue weighted by Gasteiger charge is -2.29. The molecule has 0 radical (unpaired) electrons. The van der Waals surface area contributed by atoms with Crippen LogP contribution in [-0.2, 0) is 17.6 Å². The molecular weight excluding hydrogens is 404 g/mol. The Hall–Kier alpha value is -1.88. The average Bonchev–Trinajstić information content (AvgIpc) is 3.14. The summed E-state index contributed by atoms with van der Waals surface area (Å²) in [7, 11) is 0. The highest BCUT2D eigenvalue weighted by atomic mass is 19.2. The van der Waals surface area contributed by atoms with Gasteiger partial charge in [-0.25, -0.2) is 17.6 Å². The van der Waals surface area contributed by atoms with Crippen molar-refractivity contribution >= 4 is 0 Å². The van der Waals surface area contributed by atoms with E-state index in [0.29, 0.717) is 42.1 Å². The molecule has 1 aliphatic heterocycles. The van der Waals surface area contributed by atoms with Crippen molar-refractivity contribution < 1.29 is 22.3 Å². The van der Waals surface area contributed by atoms with Crippen LogP contribution in [0.1, 0.15) is 87.2 Å². The van der Waals surface area contributed by atoms with E-state index in [0.717, 1.165) is 38.5 Å². The summed E-state index contributed by atoms with van der Waals surface area (Å²) in [6, 6.07) is 3.24. The molecule has 31 heavy (non-hydrogen) atoms. The van der Waals surface area contributed by atoms with Gasteiger partial charge in [0.15, 0.2) is 23.3 Å². The molecule has 2 aromatic rings. The number of unbranched alkanes of at least 4 members (excludes halogenated alkanes) is 2. The monoisotopic (exact) mass is 434 g/mol. The van der Waals surface area contributed by atoms with Crippen LogP contribution in [0, 0.1) is 29.2 Å². The number of rotatable bonds is 7. The van der Waals surface area contributed by atoms with Crippen LogP contribution in [0.2, 0.25) is 0 Å². The van der Waals surface area contributed by atoms with E-state index in [9.17, 15) is 8.78 Å². The molecule has 1 aliphatic carbocycles. The maximum Gasteiger partial charge on any atom is 0.167 e. The number of hydrogen-bond donors (Lipinski definition) is 0. The number of halogens is 4. The predicted molar refractivity (Wildman–Crippen MR) is 114 cm³/mol. The predicted octanol–water partition coefficient (Wildman–Crippen LogP) is 7.81. The fourth-order valence-corrected chi connectivity index (χ4v) is 5.13. The van der Waals surface area contributed by atoms with Gasteiger partial charge in [0, 0.05) is 16.7 Å². The minimum atomic E-state index is -1.09. The molecule has 0 N–H and O–H groups in total. The highest BCUT2D eigenvalue weighted by Gasteiger charge is 2.34. The van der Waals surface area contributed by atoms with Crippen LogP contribution >= 0.6 is 0 Å². The number of fused-ring (bicyclic) bond motifs is 3. The van der Waals surface area contributed by atoms with Crippen molar-refractivity contribution in [2.24, 2.45) is 5.92 Å². The number of ether oxygens (including phenoxy) is 1. The topological polar surface area (TPSA) is 9.23 Å². The lowest BCUT2D eigenvalue weighted by Crippen LogP contribution is -2.21. The summed E-state index contributed by atoms with van der Waals surface area (Å²) in [5.41, 5.74) is 1.30. The summed E-state index contributed by atoms with van der Waals surface area (Å²) in [5, 5.41) is 0. The normalized spacial score (nSPS) is 20.1. The van der Waals surface area contributed by atoms with Gasteiger partial charge in [0.2, 0.25) is 0 Å². The van der Waals surface area contributed by atoms with Crippen LogP contribution in [0.15, 0.2) is 12.1 Å². The third-order valence-electron chi connectivity index (χ3n) is 6.77. The second-order valence-corrected chi connectivity index (χ2v) is 9.01. The summed E-state index contributed by atoms with van der Waals surface area (Å²) < 4.78 is 65.7. The van der Waals surface area contributed by atoms with Crippen molar-refractivity contribution in [2.45, 2.75) is 77.7 Å². The molecule has 1 fully saturated rings. The molecule has 5 heteroatoms. The average molecular weight is 435 g/mol. The summed E-state index contributed by atoms with van der Waals surface area (Å²) >= 11 is 0. The lowest BCUT2D eigenvalue weighted by molar-refractivity contribution is -0.0214. The van der Waals surface area contributed by atoms with Crippen LogP contribution in [0.5, 0.6) is 0 Å². The Morgan fingerprint density at radius 1 is 0.839 bits per heavy atom. The molecule has 0 spiro atoms. The van der Waals surface area contributed by atoms with Crippen LogP contribution in [0.3, 0.4) is 0 Å². The summed E-state index contributed by atoms with van der Waals surface area (Å²) in [5.74, 6) is -3.65. The van der Waals surface area contributed by atoms with Crippen molar-refractivity contribution in [2.75, 3.05) is 6.61 Å². The standard InChI is InChI=1S/C26H30F4O/c1-3-5-6-8-16-11-17-12-18-13-19(20-10-9-15(7-4-2)14-31-20)24(28)26(30)22(18)21(17)25(29)23(16)27/h11,13,15,20H,3-10,12,14H2,1-2H3. The van der Waals surface area contributed by atoms with Gasteiger partial charge in [-0.3, -0.25) is 0 Å². The Balaban J connectivity index is 1.66. The van der Waals surface area contributed by atoms with Crippen molar-refractivity contribution in [3.8, 4) is 11.1 Å². The van der Waals surface area contributed by atoms with Crippen LogP contribution < -0.4 is 0 Å². The Morgan fingerprint density at radius 3 is 2.19 bits per heavy atom. The highest BCUT2D eigenvalue weighted by molar-refractivity contribution is 5.79. The number of hydrogen-bond acceptors (Lipinski definition) is 1. The quantitative estimate of drug-likeness (QED) is 0.272. The molecule has 1 heterocycles. The first-order valence-electron chi connectivity index (χ1n) is 11.6. The fraction of sp³-hybridized carbons (Fsp3) is 0.538. The molecule has 2 unspecified atom stereocenters. The zero-order chi connectivity index (χ0) is 22.1. The zero-order valence-corrected chi connectivity index (χ0v) is 18.3. The molecule has 0 amide bonds. The lowest BCUT2D eigenvalue weighted by atomic mass is 9.90. The van der Waals surface area contributed by atoms with Gasteiger partial charge < -0.3 is 4.74 Å². The third kappa shape index (κ3) is 4.13. The zero-order valence-electron chi connectivity index (χ0n) is 18.3. The van der Waals surface area contributed by atoms with E-state index in [1.165, 1.54) is 0 Å². The first-order valence-corrected chi connectivity index (χ1v) is 11.6. The maximum atomic E-state index is 15.1. The second kappa shape index (κ2) is 9.32. The number of benzene rings is 2. The highest BCUT2D eigenvalue weighted by Crippen LogP contribution is 2.45. The first kappa shape index (κ1) is 22.3. The molecule has 1 nitrogen and oxygen atoms in total. The Morgan fingerprint density at radius 2 is 1.55 bits per heavy atom. The minimum absolute atomic E-state index is 0.123. The summed E-state index contributed by atoms with van der Waals surface area (Å²) in [6.07, 6.45) is 6.59. The van der Waals surface area contributed by atoms with Gasteiger partial charge >= 0.3 is 0 Å².